The van der Waals surface area contributed by atoms with Crippen LogP contribution in [0.3, 0.4) is 0 Å². The van der Waals surface area contributed by atoms with Crippen molar-refractivity contribution in [3.63, 3.8) is 0 Å². The standard InChI is InChI=1S/C18H21ClF3N3O5/c1-17(2,3)30-16(27)24-6-4-5-10(9-24)23-15(26)11-7-14(25(28)29)13(19)8-12(11)18(20,21)22/h7-8,10H,4-6,9H2,1-3H3,(H,23,26)/t10-/m1/s1. The number of hydrogen-bond donors (Lipinski definition) is 1. The molecule has 1 atom stereocenters. The summed E-state index contributed by atoms with van der Waals surface area (Å²) < 4.78 is 45.3. The normalized spacial score (nSPS) is 17.4. The van der Waals surface area contributed by atoms with Gasteiger partial charge in [-0.25, -0.2) is 4.79 Å². The van der Waals surface area contributed by atoms with Crippen LogP contribution in [0.4, 0.5) is 23.7 Å². The quantitative estimate of drug-likeness (QED) is 0.542. The molecule has 2 rings (SSSR count). The molecular formula is C18H21ClF3N3O5. The maximum atomic E-state index is 13.3. The van der Waals surface area contributed by atoms with Gasteiger partial charge in [-0.05, 0) is 39.7 Å². The largest absolute Gasteiger partial charge is 0.444 e. The molecule has 2 amide bonds. The second-order valence-corrected chi connectivity index (χ2v) is 8.25. The summed E-state index contributed by atoms with van der Waals surface area (Å²) in [7, 11) is 0. The van der Waals surface area contributed by atoms with Crippen molar-refractivity contribution < 1.29 is 32.4 Å². The highest BCUT2D eigenvalue weighted by Gasteiger charge is 2.38. The summed E-state index contributed by atoms with van der Waals surface area (Å²) in [4.78, 5) is 36.2. The summed E-state index contributed by atoms with van der Waals surface area (Å²) in [6.07, 6.45) is -4.63. The van der Waals surface area contributed by atoms with Crippen molar-refractivity contribution in [2.24, 2.45) is 0 Å². The monoisotopic (exact) mass is 451 g/mol. The Labute approximate surface area is 175 Å². The van der Waals surface area contributed by atoms with E-state index in [0.717, 1.165) is 0 Å². The first-order valence-corrected chi connectivity index (χ1v) is 9.41. The molecule has 12 heteroatoms. The molecule has 0 bridgehead atoms. The fourth-order valence-corrected chi connectivity index (χ4v) is 3.21. The van der Waals surface area contributed by atoms with E-state index >= 15 is 0 Å². The van der Waals surface area contributed by atoms with E-state index in [4.69, 9.17) is 16.3 Å². The minimum Gasteiger partial charge on any atom is -0.444 e. The number of nitro groups is 1. The highest BCUT2D eigenvalue weighted by atomic mass is 35.5. The zero-order valence-corrected chi connectivity index (χ0v) is 17.3. The number of nitrogens with zero attached hydrogens (tertiary/aromatic N) is 2. The second-order valence-electron chi connectivity index (χ2n) is 7.84. The van der Waals surface area contributed by atoms with Gasteiger partial charge in [0.05, 0.1) is 16.1 Å². The number of ether oxygens (including phenoxy) is 1. The first kappa shape index (κ1) is 23.7. The summed E-state index contributed by atoms with van der Waals surface area (Å²) in [6.45, 7) is 5.50. The van der Waals surface area contributed by atoms with E-state index in [1.807, 2.05) is 0 Å². The van der Waals surface area contributed by atoms with Crippen molar-refractivity contribution in [1.82, 2.24) is 10.2 Å². The molecular weight excluding hydrogens is 431 g/mol. The first-order valence-electron chi connectivity index (χ1n) is 9.03. The van der Waals surface area contributed by atoms with Crippen LogP contribution in [0.25, 0.3) is 0 Å². The molecule has 0 aliphatic carbocycles. The minimum atomic E-state index is -4.94. The molecule has 1 aromatic carbocycles. The molecule has 1 fully saturated rings. The van der Waals surface area contributed by atoms with Crippen LogP contribution in [0, 0.1) is 10.1 Å². The molecule has 0 unspecified atom stereocenters. The van der Waals surface area contributed by atoms with Crippen molar-refractivity contribution >= 4 is 29.3 Å². The fraction of sp³-hybridized carbons (Fsp3) is 0.556. The van der Waals surface area contributed by atoms with E-state index < -0.39 is 56.6 Å². The van der Waals surface area contributed by atoms with Crippen LogP contribution in [-0.4, -0.2) is 46.6 Å². The Kier molecular flexibility index (Phi) is 6.85. The van der Waals surface area contributed by atoms with E-state index in [-0.39, 0.29) is 6.54 Å². The van der Waals surface area contributed by atoms with Crippen molar-refractivity contribution in [1.29, 1.82) is 0 Å². The number of nitrogens with one attached hydrogen (secondary N) is 1. The molecule has 0 aromatic heterocycles. The van der Waals surface area contributed by atoms with E-state index in [1.54, 1.807) is 20.8 Å². The molecule has 166 valence electrons. The van der Waals surface area contributed by atoms with Gasteiger partial charge in [-0.2, -0.15) is 13.2 Å². The van der Waals surface area contributed by atoms with E-state index in [0.29, 0.717) is 31.5 Å². The van der Waals surface area contributed by atoms with Gasteiger partial charge in [0.1, 0.15) is 10.6 Å². The topological polar surface area (TPSA) is 102 Å². The van der Waals surface area contributed by atoms with Crippen LogP contribution in [-0.2, 0) is 10.9 Å². The van der Waals surface area contributed by atoms with Gasteiger partial charge in [0.25, 0.3) is 11.6 Å². The summed E-state index contributed by atoms with van der Waals surface area (Å²) in [5.74, 6) is -1.14. The molecule has 1 aliphatic rings. The SMILES string of the molecule is CC(C)(C)OC(=O)N1CCC[C@@H](NC(=O)c2cc([N+](=O)[O-])c(Cl)cc2C(F)(F)F)C1. The molecule has 1 saturated heterocycles. The molecule has 0 spiro atoms. The van der Waals surface area contributed by atoms with Crippen molar-refractivity contribution in [2.45, 2.75) is 51.4 Å². The number of likely N-dealkylation sites (tertiary alicyclic amines) is 1. The lowest BCUT2D eigenvalue weighted by molar-refractivity contribution is -0.384. The second kappa shape index (κ2) is 8.66. The van der Waals surface area contributed by atoms with Crippen LogP contribution in [0.1, 0.15) is 49.5 Å². The number of alkyl halides is 3. The van der Waals surface area contributed by atoms with Gasteiger partial charge >= 0.3 is 12.3 Å². The van der Waals surface area contributed by atoms with E-state index in [9.17, 15) is 32.9 Å². The molecule has 1 heterocycles. The lowest BCUT2D eigenvalue weighted by atomic mass is 10.0. The van der Waals surface area contributed by atoms with Gasteiger partial charge < -0.3 is 15.0 Å². The molecule has 0 saturated carbocycles. The highest BCUT2D eigenvalue weighted by Crippen LogP contribution is 2.37. The van der Waals surface area contributed by atoms with Gasteiger partial charge in [-0.1, -0.05) is 11.6 Å². The van der Waals surface area contributed by atoms with E-state index in [2.05, 4.69) is 5.32 Å². The number of benzene rings is 1. The zero-order valence-electron chi connectivity index (χ0n) is 16.5. The summed E-state index contributed by atoms with van der Waals surface area (Å²) in [5, 5.41) is 12.7. The van der Waals surface area contributed by atoms with Crippen LogP contribution in [0.2, 0.25) is 5.02 Å². The number of piperidine rings is 1. The van der Waals surface area contributed by atoms with E-state index in [1.165, 1.54) is 4.90 Å². The van der Waals surface area contributed by atoms with Crippen LogP contribution in [0.5, 0.6) is 0 Å². The van der Waals surface area contributed by atoms with Crippen molar-refractivity contribution in [3.05, 3.63) is 38.4 Å². The Morgan fingerprint density at radius 3 is 2.47 bits per heavy atom. The predicted octanol–water partition coefficient (Wildman–Crippen LogP) is 4.40. The number of nitro benzene ring substituents is 1. The zero-order chi connectivity index (χ0) is 22.9. The molecule has 1 aliphatic heterocycles. The fourth-order valence-electron chi connectivity index (χ4n) is 2.97. The highest BCUT2D eigenvalue weighted by molar-refractivity contribution is 6.33. The average Bonchev–Trinajstić information content (AvgIpc) is 2.59. The van der Waals surface area contributed by atoms with Gasteiger partial charge in [0.15, 0.2) is 0 Å². The maximum Gasteiger partial charge on any atom is 0.417 e. The first-order chi connectivity index (χ1) is 13.7. The minimum absolute atomic E-state index is 0.0394. The summed E-state index contributed by atoms with van der Waals surface area (Å²) in [6, 6.07) is 0.229. The lowest BCUT2D eigenvalue weighted by Gasteiger charge is -2.34. The van der Waals surface area contributed by atoms with Crippen LogP contribution >= 0.6 is 11.6 Å². The summed E-state index contributed by atoms with van der Waals surface area (Å²) >= 11 is 5.57. The van der Waals surface area contributed by atoms with Crippen molar-refractivity contribution in [3.8, 4) is 0 Å². The number of carbonyl (C=O) groups excluding carboxylic acids is 2. The number of carbonyl (C=O) groups is 2. The summed E-state index contributed by atoms with van der Waals surface area (Å²) in [5.41, 5.74) is -3.82. The Balaban J connectivity index is 2.23. The van der Waals surface area contributed by atoms with Crippen molar-refractivity contribution in [2.75, 3.05) is 13.1 Å². The predicted molar refractivity (Wildman–Crippen MR) is 101 cm³/mol. The Hall–Kier alpha value is -2.56. The third kappa shape index (κ3) is 5.97. The Morgan fingerprint density at radius 1 is 1.30 bits per heavy atom. The number of amides is 2. The van der Waals surface area contributed by atoms with Crippen LogP contribution in [0.15, 0.2) is 12.1 Å². The number of rotatable bonds is 3. The number of halogens is 4. The van der Waals surface area contributed by atoms with Gasteiger partial charge in [0, 0.05) is 25.2 Å². The lowest BCUT2D eigenvalue weighted by Crippen LogP contribution is -2.50. The molecule has 8 nitrogen and oxygen atoms in total. The molecule has 30 heavy (non-hydrogen) atoms. The van der Waals surface area contributed by atoms with Gasteiger partial charge in [-0.15, -0.1) is 0 Å². The smallest absolute Gasteiger partial charge is 0.417 e. The number of hydrogen-bond acceptors (Lipinski definition) is 5. The van der Waals surface area contributed by atoms with Crippen LogP contribution < -0.4 is 5.32 Å². The third-order valence-electron chi connectivity index (χ3n) is 4.24. The molecule has 1 N–H and O–H groups in total. The van der Waals surface area contributed by atoms with Gasteiger partial charge in [0.2, 0.25) is 0 Å². The average molecular weight is 452 g/mol. The molecule has 1 aromatic rings. The third-order valence-corrected chi connectivity index (χ3v) is 4.54. The molecule has 0 radical (unpaired) electrons. The van der Waals surface area contributed by atoms with Gasteiger partial charge in [-0.3, -0.25) is 14.9 Å². The Morgan fingerprint density at radius 2 is 1.93 bits per heavy atom. The maximum absolute atomic E-state index is 13.3. The Bertz CT molecular complexity index is 855.